The highest BCUT2D eigenvalue weighted by molar-refractivity contribution is 8.08. The Morgan fingerprint density at radius 1 is 0.826 bits per heavy atom. The average Bonchev–Trinajstić information content (AvgIpc) is 2.52. The Balaban J connectivity index is 2.00. The van der Waals surface area contributed by atoms with E-state index >= 15 is 0 Å². The maximum absolute atomic E-state index is 10.2. The Bertz CT molecular complexity index is 743. The second-order valence-corrected chi connectivity index (χ2v) is 6.30. The van der Waals surface area contributed by atoms with Crippen LogP contribution in [-0.2, 0) is 13.2 Å². The van der Waals surface area contributed by atoms with E-state index < -0.39 is 0 Å². The Kier molecular flexibility index (Phi) is 6.35. The summed E-state index contributed by atoms with van der Waals surface area (Å²) in [7, 11) is 0. The minimum Gasteiger partial charge on any atom is -0.237 e. The zero-order chi connectivity index (χ0) is 16.7. The van der Waals surface area contributed by atoms with Crippen LogP contribution < -0.4 is 0 Å². The van der Waals surface area contributed by atoms with E-state index in [1.807, 2.05) is 26.0 Å². The molecule has 0 aliphatic carbocycles. The molecule has 0 spiro atoms. The first-order valence-corrected chi connectivity index (χ1v) is 8.00. The summed E-state index contributed by atoms with van der Waals surface area (Å²) < 4.78 is 5.58. The van der Waals surface area contributed by atoms with Crippen molar-refractivity contribution >= 4 is 47.6 Å². The smallest absolute Gasteiger partial charge is 0.237 e. The van der Waals surface area contributed by atoms with Crippen LogP contribution in [0.5, 0.6) is 0 Å². The van der Waals surface area contributed by atoms with Crippen molar-refractivity contribution in [1.82, 2.24) is 0 Å². The molecule has 0 heterocycles. The summed E-state index contributed by atoms with van der Waals surface area (Å²) in [6.07, 6.45) is 3.03. The summed E-state index contributed by atoms with van der Waals surface area (Å²) in [4.78, 5) is 29.5. The molecular formula is C16H12N2O3S2. The number of rotatable bonds is 6. The molecule has 0 aliphatic heterocycles. The van der Waals surface area contributed by atoms with Crippen LogP contribution in [0.2, 0.25) is 0 Å². The summed E-state index contributed by atoms with van der Waals surface area (Å²) in [5, 5.41) is 0. The Morgan fingerprint density at radius 3 is 1.61 bits per heavy atom. The Morgan fingerprint density at radius 2 is 1.26 bits per heavy atom. The maximum Gasteiger partial charge on any atom is 0.240 e. The predicted octanol–water partition coefficient (Wildman–Crippen LogP) is 4.97. The lowest BCUT2D eigenvalue weighted by Gasteiger charge is -2.07. The molecule has 2 aromatic carbocycles. The summed E-state index contributed by atoms with van der Waals surface area (Å²) in [5.41, 5.74) is 3.05. The normalized spacial score (nSPS) is 9.83. The second kappa shape index (κ2) is 8.48. The topological polar surface area (TPSA) is 68.1 Å². The Labute approximate surface area is 142 Å². The number of aryl methyl sites for hydroxylation is 2. The van der Waals surface area contributed by atoms with E-state index in [4.69, 9.17) is 3.63 Å². The Hall–Kier alpha value is -2.14. The number of aliphatic imine (C=N–C) groups is 2. The van der Waals surface area contributed by atoms with Gasteiger partial charge in [-0.15, -0.1) is 0 Å². The van der Waals surface area contributed by atoms with Gasteiger partial charge in [0, 0.05) is 33.9 Å². The van der Waals surface area contributed by atoms with Gasteiger partial charge in [0.15, 0.2) is 0 Å². The van der Waals surface area contributed by atoms with Gasteiger partial charge >= 0.3 is 0 Å². The molecule has 0 saturated carbocycles. The van der Waals surface area contributed by atoms with Crippen LogP contribution in [0.3, 0.4) is 0 Å². The van der Waals surface area contributed by atoms with Crippen LogP contribution in [0.4, 0.5) is 11.4 Å². The van der Waals surface area contributed by atoms with E-state index in [1.54, 1.807) is 24.3 Å². The monoisotopic (exact) mass is 344 g/mol. The SMILES string of the molecule is Cc1cc(N=C=O)ccc1SOSc1ccc(N=C=O)cc1C. The largest absolute Gasteiger partial charge is 0.240 e. The van der Waals surface area contributed by atoms with Gasteiger partial charge in [-0.25, -0.2) is 13.2 Å². The van der Waals surface area contributed by atoms with Gasteiger partial charge in [-0.1, -0.05) is 0 Å². The molecule has 2 rings (SSSR count). The standard InChI is InChI=1S/C16H12N2O3S2/c1-11-7-13(17-9-19)3-5-15(11)22-21-23-16-6-4-14(18-10-20)8-12(16)2/h3-8H,1-2H3. The molecule has 2 aromatic rings. The molecule has 7 heteroatoms. The van der Waals surface area contributed by atoms with Crippen LogP contribution in [0.25, 0.3) is 0 Å². The molecule has 0 fully saturated rings. The van der Waals surface area contributed by atoms with E-state index in [9.17, 15) is 9.59 Å². The number of hydrogen-bond donors (Lipinski definition) is 0. The third kappa shape index (κ3) is 4.93. The second-order valence-electron chi connectivity index (χ2n) is 4.54. The third-order valence-electron chi connectivity index (χ3n) is 2.91. The fraction of sp³-hybridized carbons (Fsp3) is 0.125. The molecule has 0 aromatic heterocycles. The van der Waals surface area contributed by atoms with Gasteiger partial charge < -0.3 is 0 Å². The van der Waals surface area contributed by atoms with E-state index in [0.29, 0.717) is 11.4 Å². The molecule has 0 radical (unpaired) electrons. The first-order valence-electron chi connectivity index (χ1n) is 6.52. The minimum atomic E-state index is 0.566. The average molecular weight is 344 g/mol. The lowest BCUT2D eigenvalue weighted by atomic mass is 10.2. The summed E-state index contributed by atoms with van der Waals surface area (Å²) in [6, 6.07) is 10.7. The van der Waals surface area contributed by atoms with Crippen LogP contribution in [0.15, 0.2) is 56.2 Å². The van der Waals surface area contributed by atoms with E-state index in [0.717, 1.165) is 20.9 Å². The first kappa shape index (κ1) is 17.2. The molecule has 0 unspecified atom stereocenters. The van der Waals surface area contributed by atoms with Crippen LogP contribution in [0.1, 0.15) is 11.1 Å². The van der Waals surface area contributed by atoms with Gasteiger partial charge in [0.05, 0.1) is 11.4 Å². The predicted molar refractivity (Wildman–Crippen MR) is 90.7 cm³/mol. The first-order chi connectivity index (χ1) is 11.1. The molecule has 5 nitrogen and oxygen atoms in total. The number of carbonyl (C=O) groups excluding carboxylic acids is 2. The highest BCUT2D eigenvalue weighted by Gasteiger charge is 2.05. The molecule has 0 bridgehead atoms. The zero-order valence-corrected chi connectivity index (χ0v) is 14.0. The lowest BCUT2D eigenvalue weighted by molar-refractivity contribution is 0.564. The molecule has 0 aliphatic rings. The van der Waals surface area contributed by atoms with Crippen molar-refractivity contribution in [3.05, 3.63) is 47.5 Å². The highest BCUT2D eigenvalue weighted by atomic mass is 32.2. The number of isocyanates is 2. The number of nitrogens with zero attached hydrogens (tertiary/aromatic N) is 2. The highest BCUT2D eigenvalue weighted by Crippen LogP contribution is 2.35. The molecule has 0 N–H and O–H groups in total. The van der Waals surface area contributed by atoms with Gasteiger partial charge in [0.1, 0.15) is 0 Å². The zero-order valence-electron chi connectivity index (χ0n) is 12.4. The minimum absolute atomic E-state index is 0.566. The van der Waals surface area contributed by atoms with Gasteiger partial charge in [-0.05, 0) is 61.4 Å². The van der Waals surface area contributed by atoms with Crippen molar-refractivity contribution in [1.29, 1.82) is 0 Å². The van der Waals surface area contributed by atoms with Gasteiger partial charge in [0.2, 0.25) is 12.2 Å². The van der Waals surface area contributed by atoms with E-state index in [1.165, 1.54) is 36.2 Å². The quantitative estimate of drug-likeness (QED) is 0.420. The van der Waals surface area contributed by atoms with E-state index in [-0.39, 0.29) is 0 Å². The van der Waals surface area contributed by atoms with Gasteiger partial charge in [-0.2, -0.15) is 9.98 Å². The van der Waals surface area contributed by atoms with Crippen molar-refractivity contribution in [2.24, 2.45) is 9.98 Å². The number of benzene rings is 2. The molecule has 116 valence electrons. The summed E-state index contributed by atoms with van der Waals surface area (Å²) >= 11 is 2.46. The summed E-state index contributed by atoms with van der Waals surface area (Å²) in [5.74, 6) is 0. The fourth-order valence-electron chi connectivity index (χ4n) is 1.79. The third-order valence-corrected chi connectivity index (χ3v) is 4.73. The molecule has 23 heavy (non-hydrogen) atoms. The van der Waals surface area contributed by atoms with Crippen LogP contribution >= 0.6 is 24.1 Å². The van der Waals surface area contributed by atoms with Crippen molar-refractivity contribution in [2.45, 2.75) is 23.6 Å². The van der Waals surface area contributed by atoms with Gasteiger partial charge in [-0.3, -0.25) is 0 Å². The molecule has 0 amide bonds. The lowest BCUT2D eigenvalue weighted by Crippen LogP contribution is -1.81. The fourth-order valence-corrected chi connectivity index (χ4v) is 3.14. The molecule has 0 atom stereocenters. The van der Waals surface area contributed by atoms with E-state index in [2.05, 4.69) is 9.98 Å². The van der Waals surface area contributed by atoms with Crippen LogP contribution in [-0.4, -0.2) is 12.2 Å². The summed E-state index contributed by atoms with van der Waals surface area (Å²) in [6.45, 7) is 3.83. The maximum atomic E-state index is 10.2. The van der Waals surface area contributed by atoms with Crippen LogP contribution in [0, 0.1) is 13.8 Å². The van der Waals surface area contributed by atoms with Crippen molar-refractivity contribution in [3.8, 4) is 0 Å². The van der Waals surface area contributed by atoms with Gasteiger partial charge in [0.25, 0.3) is 0 Å². The molecular weight excluding hydrogens is 332 g/mol. The molecule has 0 saturated heterocycles. The number of hydrogen-bond acceptors (Lipinski definition) is 7. The van der Waals surface area contributed by atoms with Crippen molar-refractivity contribution < 1.29 is 13.2 Å². The van der Waals surface area contributed by atoms with Crippen molar-refractivity contribution in [2.75, 3.05) is 0 Å². The van der Waals surface area contributed by atoms with Crippen molar-refractivity contribution in [3.63, 3.8) is 0 Å².